The topological polar surface area (TPSA) is 71.9 Å². The third-order valence-corrected chi connectivity index (χ3v) is 5.84. The molecule has 3 rings (SSSR count). The molecule has 2 aliphatic rings. The van der Waals surface area contributed by atoms with Crippen molar-refractivity contribution in [1.82, 2.24) is 30.4 Å². The van der Waals surface area contributed by atoms with Crippen LogP contribution >= 0.6 is 24.0 Å². The summed E-state index contributed by atoms with van der Waals surface area (Å²) in [6.07, 6.45) is 5.99. The smallest absolute Gasteiger partial charge is 0.225 e. The van der Waals surface area contributed by atoms with Gasteiger partial charge in [-0.1, -0.05) is 0 Å². The third-order valence-electron chi connectivity index (χ3n) is 5.84. The molecule has 0 aliphatic carbocycles. The molecule has 9 heteroatoms. The van der Waals surface area contributed by atoms with E-state index in [1.807, 2.05) is 18.5 Å². The Kier molecular flexibility index (Phi) is 11.1. The van der Waals surface area contributed by atoms with Crippen molar-refractivity contribution in [3.63, 3.8) is 0 Å². The predicted octanol–water partition coefficient (Wildman–Crippen LogP) is 1.64. The maximum absolute atomic E-state index is 4.83. The van der Waals surface area contributed by atoms with Crippen molar-refractivity contribution in [3.8, 4) is 0 Å². The lowest BCUT2D eigenvalue weighted by Crippen LogP contribution is -2.50. The first kappa shape index (κ1) is 25.1. The van der Waals surface area contributed by atoms with Gasteiger partial charge in [0.2, 0.25) is 5.95 Å². The fourth-order valence-electron chi connectivity index (χ4n) is 4.00. The highest BCUT2D eigenvalue weighted by Gasteiger charge is 2.22. The maximum Gasteiger partial charge on any atom is 0.225 e. The van der Waals surface area contributed by atoms with Gasteiger partial charge < -0.3 is 20.4 Å². The van der Waals surface area contributed by atoms with Crippen LogP contribution in [0, 0.1) is 0 Å². The van der Waals surface area contributed by atoms with Gasteiger partial charge in [0, 0.05) is 76.8 Å². The molecule has 30 heavy (non-hydrogen) atoms. The lowest BCUT2D eigenvalue weighted by Gasteiger charge is -2.35. The molecule has 3 heterocycles. The lowest BCUT2D eigenvalue weighted by molar-refractivity contribution is 0.167. The molecule has 0 spiro atoms. The Balaban J connectivity index is 0.00000320. The number of aliphatic imine (C=N–C) groups is 1. The van der Waals surface area contributed by atoms with Crippen LogP contribution in [0.2, 0.25) is 0 Å². The summed E-state index contributed by atoms with van der Waals surface area (Å²) in [5, 5.41) is 7.06. The second-order valence-corrected chi connectivity index (χ2v) is 8.19. The summed E-state index contributed by atoms with van der Waals surface area (Å²) in [6, 6.07) is 3.03. The van der Waals surface area contributed by atoms with Crippen molar-refractivity contribution in [1.29, 1.82) is 0 Å². The first-order chi connectivity index (χ1) is 14.2. The van der Waals surface area contributed by atoms with Crippen LogP contribution in [-0.2, 0) is 0 Å². The van der Waals surface area contributed by atoms with Crippen LogP contribution in [0.25, 0.3) is 0 Å². The van der Waals surface area contributed by atoms with Gasteiger partial charge in [0.15, 0.2) is 5.96 Å². The summed E-state index contributed by atoms with van der Waals surface area (Å²) in [7, 11) is 0. The third kappa shape index (κ3) is 7.81. The number of halogens is 1. The second kappa shape index (κ2) is 13.3. The summed E-state index contributed by atoms with van der Waals surface area (Å²) < 4.78 is 0. The molecule has 2 N–H and O–H groups in total. The fraction of sp³-hybridized carbons (Fsp3) is 0.762. The van der Waals surface area contributed by atoms with Crippen molar-refractivity contribution in [2.75, 3.05) is 63.8 Å². The zero-order chi connectivity index (χ0) is 20.5. The van der Waals surface area contributed by atoms with Gasteiger partial charge in [-0.05, 0) is 39.7 Å². The number of piperidine rings is 1. The summed E-state index contributed by atoms with van der Waals surface area (Å²) in [5.41, 5.74) is 0. The van der Waals surface area contributed by atoms with Crippen LogP contribution in [-0.4, -0.2) is 96.7 Å². The first-order valence-electron chi connectivity index (χ1n) is 11.2. The van der Waals surface area contributed by atoms with Crippen molar-refractivity contribution in [2.24, 2.45) is 4.99 Å². The van der Waals surface area contributed by atoms with Crippen LogP contribution in [0.1, 0.15) is 33.6 Å². The van der Waals surface area contributed by atoms with Gasteiger partial charge >= 0.3 is 0 Å². The van der Waals surface area contributed by atoms with E-state index in [1.165, 1.54) is 25.9 Å². The monoisotopic (exact) mass is 530 g/mol. The molecule has 0 atom stereocenters. The van der Waals surface area contributed by atoms with E-state index >= 15 is 0 Å². The van der Waals surface area contributed by atoms with Crippen molar-refractivity contribution in [2.45, 2.75) is 45.7 Å². The standard InChI is InChI=1S/C21H38N8.HI/c1-4-22-20(26-19-6-11-28(12-7-19)18(2)3)23-10-13-27-14-16-29(17-15-27)21-24-8-5-9-25-21;/h5,8-9,18-19H,4,6-7,10-17H2,1-3H3,(H2,22,23,26);1H. The molecule has 0 bridgehead atoms. The van der Waals surface area contributed by atoms with E-state index in [9.17, 15) is 0 Å². The van der Waals surface area contributed by atoms with Crippen molar-refractivity contribution in [3.05, 3.63) is 18.5 Å². The Labute approximate surface area is 198 Å². The number of rotatable bonds is 7. The maximum atomic E-state index is 4.83. The molecule has 0 saturated carbocycles. The minimum absolute atomic E-state index is 0. The van der Waals surface area contributed by atoms with Gasteiger partial charge in [0.1, 0.15) is 0 Å². The van der Waals surface area contributed by atoms with Crippen LogP contribution in [0.15, 0.2) is 23.5 Å². The normalized spacial score (nSPS) is 19.6. The number of likely N-dealkylation sites (tertiary alicyclic amines) is 1. The van der Waals surface area contributed by atoms with Gasteiger partial charge in [0.25, 0.3) is 0 Å². The number of nitrogens with zero attached hydrogens (tertiary/aromatic N) is 6. The largest absolute Gasteiger partial charge is 0.357 e. The van der Waals surface area contributed by atoms with Crippen LogP contribution in [0.5, 0.6) is 0 Å². The summed E-state index contributed by atoms with van der Waals surface area (Å²) in [5.74, 6) is 1.80. The van der Waals surface area contributed by atoms with Gasteiger partial charge in [-0.25, -0.2) is 9.97 Å². The molecular formula is C21H39IN8. The lowest BCUT2D eigenvalue weighted by atomic mass is 10.0. The Morgan fingerprint density at radius 2 is 1.77 bits per heavy atom. The highest BCUT2D eigenvalue weighted by atomic mass is 127. The average Bonchev–Trinajstić information content (AvgIpc) is 2.75. The average molecular weight is 531 g/mol. The Morgan fingerprint density at radius 1 is 1.10 bits per heavy atom. The van der Waals surface area contributed by atoms with E-state index in [0.717, 1.165) is 57.7 Å². The molecule has 1 aromatic heterocycles. The van der Waals surface area contributed by atoms with E-state index in [2.05, 4.69) is 56.1 Å². The zero-order valence-electron chi connectivity index (χ0n) is 18.8. The molecule has 0 amide bonds. The molecule has 0 unspecified atom stereocenters. The molecule has 170 valence electrons. The highest BCUT2D eigenvalue weighted by Crippen LogP contribution is 2.13. The van der Waals surface area contributed by atoms with Crippen LogP contribution < -0.4 is 15.5 Å². The number of piperazine rings is 1. The first-order valence-corrected chi connectivity index (χ1v) is 11.2. The van der Waals surface area contributed by atoms with Gasteiger partial charge in [-0.15, -0.1) is 24.0 Å². The molecule has 0 aromatic carbocycles. The van der Waals surface area contributed by atoms with E-state index in [0.29, 0.717) is 12.1 Å². The highest BCUT2D eigenvalue weighted by molar-refractivity contribution is 14.0. The van der Waals surface area contributed by atoms with E-state index in [1.54, 1.807) is 0 Å². The SMILES string of the molecule is CCNC(=NCCN1CCN(c2ncccn2)CC1)NC1CCN(C(C)C)CC1.I. The quantitative estimate of drug-likeness (QED) is 0.316. The minimum atomic E-state index is 0. The molecule has 2 fully saturated rings. The summed E-state index contributed by atoms with van der Waals surface area (Å²) >= 11 is 0. The van der Waals surface area contributed by atoms with Crippen molar-refractivity contribution < 1.29 is 0 Å². The van der Waals surface area contributed by atoms with Crippen LogP contribution in [0.4, 0.5) is 5.95 Å². The minimum Gasteiger partial charge on any atom is -0.357 e. The van der Waals surface area contributed by atoms with E-state index < -0.39 is 0 Å². The Bertz CT molecular complexity index is 611. The van der Waals surface area contributed by atoms with Crippen molar-refractivity contribution >= 4 is 35.9 Å². The number of guanidine groups is 1. The summed E-state index contributed by atoms with van der Waals surface area (Å²) in [6.45, 7) is 15.8. The number of hydrogen-bond donors (Lipinski definition) is 2. The molecule has 2 aliphatic heterocycles. The fourth-order valence-corrected chi connectivity index (χ4v) is 4.00. The molecule has 0 radical (unpaired) electrons. The number of aromatic nitrogens is 2. The second-order valence-electron chi connectivity index (χ2n) is 8.19. The molecular weight excluding hydrogens is 491 g/mol. The Morgan fingerprint density at radius 3 is 2.37 bits per heavy atom. The molecule has 2 saturated heterocycles. The molecule has 1 aromatic rings. The van der Waals surface area contributed by atoms with Crippen LogP contribution in [0.3, 0.4) is 0 Å². The summed E-state index contributed by atoms with van der Waals surface area (Å²) in [4.78, 5) is 20.8. The predicted molar refractivity (Wildman–Crippen MR) is 135 cm³/mol. The number of hydrogen-bond acceptors (Lipinski definition) is 6. The van der Waals surface area contributed by atoms with Gasteiger partial charge in [-0.3, -0.25) is 9.89 Å². The zero-order valence-corrected chi connectivity index (χ0v) is 21.1. The Hall–Kier alpha value is -1.20. The number of anilines is 1. The van der Waals surface area contributed by atoms with Gasteiger partial charge in [0.05, 0.1) is 6.54 Å². The van der Waals surface area contributed by atoms with E-state index in [-0.39, 0.29) is 24.0 Å². The van der Waals surface area contributed by atoms with Gasteiger partial charge in [-0.2, -0.15) is 0 Å². The van der Waals surface area contributed by atoms with E-state index in [4.69, 9.17) is 4.99 Å². The number of nitrogens with one attached hydrogen (secondary N) is 2. The molecule has 8 nitrogen and oxygen atoms in total.